The average Bonchev–Trinajstić information content (AvgIpc) is 2.99. The Morgan fingerprint density at radius 3 is 2.55 bits per heavy atom. The summed E-state index contributed by atoms with van der Waals surface area (Å²) in [6.45, 7) is 3.83. The largest absolute Gasteiger partial charge is 0.379 e. The number of ether oxygens (including phenoxy) is 1. The van der Waals surface area contributed by atoms with Crippen molar-refractivity contribution in [1.82, 2.24) is 4.90 Å². The van der Waals surface area contributed by atoms with Gasteiger partial charge in [-0.25, -0.2) is 0 Å². The van der Waals surface area contributed by atoms with Crippen molar-refractivity contribution in [2.75, 3.05) is 20.2 Å². The highest BCUT2D eigenvalue weighted by atomic mass is 35.5. The van der Waals surface area contributed by atoms with E-state index in [4.69, 9.17) is 10.5 Å². The molecule has 6 atom stereocenters. The van der Waals surface area contributed by atoms with Crippen LogP contribution < -0.4 is 5.73 Å². The van der Waals surface area contributed by atoms with Gasteiger partial charge in [0.1, 0.15) is 0 Å². The summed E-state index contributed by atoms with van der Waals surface area (Å²) in [6, 6.07) is 0.103. The van der Waals surface area contributed by atoms with E-state index in [-0.39, 0.29) is 30.5 Å². The number of amides is 1. The van der Waals surface area contributed by atoms with E-state index < -0.39 is 0 Å². The molecule has 116 valence electrons. The number of rotatable bonds is 2. The van der Waals surface area contributed by atoms with Crippen molar-refractivity contribution in [3.8, 4) is 0 Å². The lowest BCUT2D eigenvalue weighted by Gasteiger charge is -2.39. The van der Waals surface area contributed by atoms with Crippen LogP contribution >= 0.6 is 12.4 Å². The molecule has 2 saturated carbocycles. The average molecular weight is 303 g/mol. The lowest BCUT2D eigenvalue weighted by Crippen LogP contribution is -2.52. The van der Waals surface area contributed by atoms with Crippen molar-refractivity contribution >= 4 is 18.3 Å². The summed E-state index contributed by atoms with van der Waals surface area (Å²) in [4.78, 5) is 14.8. The Kier molecular flexibility index (Phi) is 4.98. The predicted molar refractivity (Wildman–Crippen MR) is 80.7 cm³/mol. The van der Waals surface area contributed by atoms with Gasteiger partial charge >= 0.3 is 0 Å². The van der Waals surface area contributed by atoms with Gasteiger partial charge in [0.05, 0.1) is 12.0 Å². The molecule has 2 N–H and O–H groups in total. The second-order valence-electron chi connectivity index (χ2n) is 6.76. The standard InChI is InChI=1S/C15H26N2O2.ClH/c1-9-5-6-17(8-12(9)19-2)15(18)13-10-3-4-11(7-10)14(13)16;/h9-14H,3-8,16H2,1-2H3;1H. The van der Waals surface area contributed by atoms with E-state index in [9.17, 15) is 4.79 Å². The molecule has 0 radical (unpaired) electrons. The molecule has 3 aliphatic rings. The zero-order chi connectivity index (χ0) is 13.6. The molecule has 0 spiro atoms. The molecule has 3 rings (SSSR count). The summed E-state index contributed by atoms with van der Waals surface area (Å²) in [6.07, 6.45) is 4.84. The van der Waals surface area contributed by atoms with Crippen LogP contribution in [0.15, 0.2) is 0 Å². The van der Waals surface area contributed by atoms with Gasteiger partial charge < -0.3 is 15.4 Å². The SMILES string of the molecule is COC1CN(C(=O)C2C3CCC(C3)C2N)CCC1C.Cl. The maximum absolute atomic E-state index is 12.8. The Bertz CT molecular complexity index is 364. The minimum absolute atomic E-state index is 0. The van der Waals surface area contributed by atoms with Crippen molar-refractivity contribution in [2.24, 2.45) is 29.4 Å². The molecule has 2 aliphatic carbocycles. The first-order valence-corrected chi connectivity index (χ1v) is 7.69. The van der Waals surface area contributed by atoms with Crippen LogP contribution in [0.4, 0.5) is 0 Å². The van der Waals surface area contributed by atoms with Crippen LogP contribution in [0.5, 0.6) is 0 Å². The van der Waals surface area contributed by atoms with Crippen LogP contribution in [-0.4, -0.2) is 43.2 Å². The lowest BCUT2D eigenvalue weighted by molar-refractivity contribution is -0.142. The smallest absolute Gasteiger partial charge is 0.227 e. The summed E-state index contributed by atoms with van der Waals surface area (Å²) < 4.78 is 5.51. The predicted octanol–water partition coefficient (Wildman–Crippen LogP) is 1.66. The molecule has 0 aromatic heterocycles. The molecule has 0 aromatic rings. The molecule has 0 aromatic carbocycles. The fourth-order valence-electron chi connectivity index (χ4n) is 4.45. The summed E-state index contributed by atoms with van der Waals surface area (Å²) in [5.74, 6) is 2.08. The fraction of sp³-hybridized carbons (Fsp3) is 0.933. The maximum atomic E-state index is 12.8. The van der Waals surface area contributed by atoms with Gasteiger partial charge in [0.2, 0.25) is 5.91 Å². The molecule has 4 nitrogen and oxygen atoms in total. The Hall–Kier alpha value is -0.320. The van der Waals surface area contributed by atoms with Crippen molar-refractivity contribution in [2.45, 2.75) is 44.8 Å². The Labute approximate surface area is 127 Å². The normalized spacial score (nSPS) is 43.5. The summed E-state index contributed by atoms with van der Waals surface area (Å²) in [5, 5.41) is 0. The summed E-state index contributed by atoms with van der Waals surface area (Å²) in [5.41, 5.74) is 6.29. The van der Waals surface area contributed by atoms with Crippen molar-refractivity contribution in [1.29, 1.82) is 0 Å². The monoisotopic (exact) mass is 302 g/mol. The highest BCUT2D eigenvalue weighted by Gasteiger charge is 2.50. The highest BCUT2D eigenvalue weighted by Crippen LogP contribution is 2.48. The number of carbonyl (C=O) groups is 1. The number of carbonyl (C=O) groups excluding carboxylic acids is 1. The van der Waals surface area contributed by atoms with E-state index in [0.29, 0.717) is 23.7 Å². The third kappa shape index (κ3) is 2.58. The first-order valence-electron chi connectivity index (χ1n) is 7.69. The molecule has 6 unspecified atom stereocenters. The van der Waals surface area contributed by atoms with Gasteiger partial charge in [-0.3, -0.25) is 4.79 Å². The molecular weight excluding hydrogens is 276 g/mol. The Balaban J connectivity index is 0.00000147. The number of nitrogens with zero attached hydrogens (tertiary/aromatic N) is 1. The van der Waals surface area contributed by atoms with E-state index in [1.54, 1.807) is 7.11 Å². The minimum Gasteiger partial charge on any atom is -0.379 e. The van der Waals surface area contributed by atoms with Crippen molar-refractivity contribution < 1.29 is 9.53 Å². The number of nitrogens with two attached hydrogens (primary N) is 1. The quantitative estimate of drug-likeness (QED) is 0.844. The number of piperidine rings is 1. The first-order chi connectivity index (χ1) is 9.11. The van der Waals surface area contributed by atoms with Gasteiger partial charge in [0.25, 0.3) is 0 Å². The van der Waals surface area contributed by atoms with Crippen molar-refractivity contribution in [3.63, 3.8) is 0 Å². The lowest BCUT2D eigenvalue weighted by atomic mass is 9.83. The first kappa shape index (κ1) is 16.1. The van der Waals surface area contributed by atoms with E-state index in [1.807, 2.05) is 4.90 Å². The summed E-state index contributed by atoms with van der Waals surface area (Å²) in [7, 11) is 1.75. The summed E-state index contributed by atoms with van der Waals surface area (Å²) >= 11 is 0. The molecule has 1 heterocycles. The zero-order valence-electron chi connectivity index (χ0n) is 12.5. The van der Waals surface area contributed by atoms with Gasteiger partial charge in [0.15, 0.2) is 0 Å². The van der Waals surface area contributed by atoms with Gasteiger partial charge in [-0.15, -0.1) is 12.4 Å². The van der Waals surface area contributed by atoms with E-state index >= 15 is 0 Å². The number of halogens is 1. The molecule has 1 aliphatic heterocycles. The second-order valence-corrected chi connectivity index (χ2v) is 6.76. The Morgan fingerprint density at radius 2 is 1.95 bits per heavy atom. The number of likely N-dealkylation sites (tertiary alicyclic amines) is 1. The number of methoxy groups -OCH3 is 1. The minimum atomic E-state index is 0. The van der Waals surface area contributed by atoms with Gasteiger partial charge in [0, 0.05) is 26.2 Å². The zero-order valence-corrected chi connectivity index (χ0v) is 13.3. The van der Waals surface area contributed by atoms with Crippen LogP contribution in [0.25, 0.3) is 0 Å². The van der Waals surface area contributed by atoms with Crippen molar-refractivity contribution in [3.05, 3.63) is 0 Å². The molecule has 2 bridgehead atoms. The van der Waals surface area contributed by atoms with E-state index in [0.717, 1.165) is 19.5 Å². The highest BCUT2D eigenvalue weighted by molar-refractivity contribution is 5.85. The molecule has 20 heavy (non-hydrogen) atoms. The van der Waals surface area contributed by atoms with Crippen LogP contribution in [-0.2, 0) is 9.53 Å². The molecule has 1 saturated heterocycles. The van der Waals surface area contributed by atoms with Gasteiger partial charge in [-0.2, -0.15) is 0 Å². The topological polar surface area (TPSA) is 55.6 Å². The number of hydrogen-bond donors (Lipinski definition) is 1. The molecule has 5 heteroatoms. The fourth-order valence-corrected chi connectivity index (χ4v) is 4.45. The number of fused-ring (bicyclic) bond motifs is 2. The van der Waals surface area contributed by atoms with Crippen LogP contribution in [0.1, 0.15) is 32.6 Å². The molecule has 1 amide bonds. The van der Waals surface area contributed by atoms with Crippen LogP contribution in [0.2, 0.25) is 0 Å². The third-order valence-corrected chi connectivity index (χ3v) is 5.77. The maximum Gasteiger partial charge on any atom is 0.227 e. The second kappa shape index (κ2) is 6.20. The molecule has 3 fully saturated rings. The number of hydrogen-bond acceptors (Lipinski definition) is 3. The van der Waals surface area contributed by atoms with E-state index in [1.165, 1.54) is 19.3 Å². The van der Waals surface area contributed by atoms with Gasteiger partial charge in [-0.05, 0) is 43.4 Å². The van der Waals surface area contributed by atoms with E-state index in [2.05, 4.69) is 6.92 Å². The van der Waals surface area contributed by atoms with Crippen LogP contribution in [0, 0.1) is 23.7 Å². The molecular formula is C15H27ClN2O2. The van der Waals surface area contributed by atoms with Gasteiger partial charge in [-0.1, -0.05) is 6.92 Å². The van der Waals surface area contributed by atoms with Crippen LogP contribution in [0.3, 0.4) is 0 Å². The Morgan fingerprint density at radius 1 is 1.25 bits per heavy atom. The third-order valence-electron chi connectivity index (χ3n) is 5.77.